The van der Waals surface area contributed by atoms with Crippen molar-refractivity contribution in [2.75, 3.05) is 23.7 Å². The zero-order valence-corrected chi connectivity index (χ0v) is 19.4. The zero-order chi connectivity index (χ0) is 22.1. The molecule has 4 nitrogen and oxygen atoms in total. The third-order valence-electron chi connectivity index (χ3n) is 5.98. The Hall–Kier alpha value is -3.44. The highest BCUT2D eigenvalue weighted by Gasteiger charge is 2.17. The van der Waals surface area contributed by atoms with Crippen molar-refractivity contribution in [1.82, 2.24) is 9.97 Å². The predicted molar refractivity (Wildman–Crippen MR) is 138 cm³/mol. The minimum atomic E-state index is 0.761. The second-order valence-electron chi connectivity index (χ2n) is 8.11. The minimum absolute atomic E-state index is 0.761. The molecule has 5 rings (SSSR count). The third kappa shape index (κ3) is 3.80. The smallest absolute Gasteiger partial charge is 0.138 e. The van der Waals surface area contributed by atoms with E-state index >= 15 is 0 Å². The van der Waals surface area contributed by atoms with E-state index in [2.05, 4.69) is 102 Å². The maximum absolute atomic E-state index is 4.60. The van der Waals surface area contributed by atoms with Gasteiger partial charge in [-0.3, -0.25) is 0 Å². The number of aryl methyl sites for hydroxylation is 3. The fourth-order valence-corrected chi connectivity index (χ4v) is 5.19. The summed E-state index contributed by atoms with van der Waals surface area (Å²) in [4.78, 5) is 11.4. The first-order valence-electron chi connectivity index (χ1n) is 10.9. The van der Waals surface area contributed by atoms with Crippen LogP contribution in [0.4, 0.5) is 11.5 Å². The maximum Gasteiger partial charge on any atom is 0.138 e. The van der Waals surface area contributed by atoms with Gasteiger partial charge < -0.3 is 10.6 Å². The summed E-state index contributed by atoms with van der Waals surface area (Å²) in [6.45, 7) is 8.04. The maximum atomic E-state index is 4.60. The van der Waals surface area contributed by atoms with Crippen molar-refractivity contribution < 1.29 is 0 Å². The molecule has 0 saturated carbocycles. The van der Waals surface area contributed by atoms with Crippen LogP contribution in [-0.4, -0.2) is 23.1 Å². The van der Waals surface area contributed by atoms with Gasteiger partial charge in [-0.1, -0.05) is 54.6 Å². The van der Waals surface area contributed by atoms with Crippen molar-refractivity contribution in [3.63, 3.8) is 0 Å². The first-order chi connectivity index (χ1) is 15.6. The lowest BCUT2D eigenvalue weighted by Crippen LogP contribution is -2.14. The average molecular weight is 439 g/mol. The first kappa shape index (κ1) is 20.5. The van der Waals surface area contributed by atoms with E-state index in [0.717, 1.165) is 34.8 Å². The molecule has 0 bridgehead atoms. The summed E-state index contributed by atoms with van der Waals surface area (Å²) in [6.07, 6.45) is 1.66. The molecular formula is C27H26N4S. The third-order valence-corrected chi connectivity index (χ3v) is 7.00. The van der Waals surface area contributed by atoms with E-state index < -0.39 is 0 Å². The van der Waals surface area contributed by atoms with E-state index in [4.69, 9.17) is 0 Å². The van der Waals surface area contributed by atoms with Gasteiger partial charge >= 0.3 is 0 Å². The SMILES string of the molecule is Cc1ccc(-c2c(C)sc3ncnc(NCCNc4cccc5ccccc45)c23)cc1C. The van der Waals surface area contributed by atoms with Crippen LogP contribution in [-0.2, 0) is 0 Å². The molecule has 0 amide bonds. The number of benzene rings is 3. The molecule has 0 radical (unpaired) electrons. The van der Waals surface area contributed by atoms with Crippen LogP contribution < -0.4 is 10.6 Å². The standard InChI is InChI=1S/C27H26N4S/c1-17-11-12-21(15-18(17)2)24-19(3)32-27-25(24)26(30-16-31-27)29-14-13-28-23-10-6-8-20-7-4-5-9-22(20)23/h4-12,15-16,28H,13-14H2,1-3H3,(H,29,30,31). The summed E-state index contributed by atoms with van der Waals surface area (Å²) in [6, 6.07) is 21.5. The topological polar surface area (TPSA) is 49.8 Å². The Morgan fingerprint density at radius 1 is 0.812 bits per heavy atom. The van der Waals surface area contributed by atoms with Crippen LogP contribution in [0.25, 0.3) is 32.1 Å². The van der Waals surface area contributed by atoms with Crippen LogP contribution in [0, 0.1) is 20.8 Å². The molecule has 2 N–H and O–H groups in total. The van der Waals surface area contributed by atoms with E-state index in [0.29, 0.717) is 0 Å². The van der Waals surface area contributed by atoms with Crippen LogP contribution >= 0.6 is 11.3 Å². The molecule has 3 aromatic carbocycles. The summed E-state index contributed by atoms with van der Waals surface area (Å²) >= 11 is 1.73. The number of nitrogens with one attached hydrogen (secondary N) is 2. The first-order valence-corrected chi connectivity index (χ1v) is 11.7. The summed E-state index contributed by atoms with van der Waals surface area (Å²) in [5.74, 6) is 0.896. The Balaban J connectivity index is 1.39. The Morgan fingerprint density at radius 2 is 1.62 bits per heavy atom. The van der Waals surface area contributed by atoms with Crippen LogP contribution in [0.3, 0.4) is 0 Å². The lowest BCUT2D eigenvalue weighted by molar-refractivity contribution is 1.06. The lowest BCUT2D eigenvalue weighted by Gasteiger charge is -2.12. The van der Waals surface area contributed by atoms with Gasteiger partial charge in [0, 0.05) is 34.6 Å². The molecule has 0 aliphatic carbocycles. The van der Waals surface area contributed by atoms with Gasteiger partial charge in [-0.25, -0.2) is 9.97 Å². The molecule has 32 heavy (non-hydrogen) atoms. The Morgan fingerprint density at radius 3 is 2.50 bits per heavy atom. The van der Waals surface area contributed by atoms with E-state index in [9.17, 15) is 0 Å². The van der Waals surface area contributed by atoms with Crippen molar-refractivity contribution in [3.05, 3.63) is 83.0 Å². The summed E-state index contributed by atoms with van der Waals surface area (Å²) < 4.78 is 0. The molecule has 0 atom stereocenters. The number of anilines is 2. The number of aromatic nitrogens is 2. The van der Waals surface area contributed by atoms with Crippen LogP contribution in [0.2, 0.25) is 0 Å². The van der Waals surface area contributed by atoms with Crippen LogP contribution in [0.1, 0.15) is 16.0 Å². The van der Waals surface area contributed by atoms with Gasteiger partial charge in [0.1, 0.15) is 17.0 Å². The van der Waals surface area contributed by atoms with E-state index in [1.54, 1.807) is 17.7 Å². The average Bonchev–Trinajstić information content (AvgIpc) is 3.15. The Kier molecular flexibility index (Phi) is 5.50. The summed E-state index contributed by atoms with van der Waals surface area (Å²) in [5.41, 5.74) is 6.22. The molecule has 0 unspecified atom stereocenters. The molecular weight excluding hydrogens is 412 g/mol. The number of fused-ring (bicyclic) bond motifs is 2. The van der Waals surface area contributed by atoms with Gasteiger partial charge in [-0.2, -0.15) is 0 Å². The van der Waals surface area contributed by atoms with Gasteiger partial charge in [0.25, 0.3) is 0 Å². The normalized spacial score (nSPS) is 11.2. The van der Waals surface area contributed by atoms with Crippen LogP contribution in [0.15, 0.2) is 67.0 Å². The highest BCUT2D eigenvalue weighted by Crippen LogP contribution is 2.40. The molecule has 0 aliphatic rings. The quantitative estimate of drug-likeness (QED) is 0.281. The molecule has 5 aromatic rings. The van der Waals surface area contributed by atoms with E-state index in [1.165, 1.54) is 37.9 Å². The van der Waals surface area contributed by atoms with E-state index in [-0.39, 0.29) is 0 Å². The van der Waals surface area contributed by atoms with Gasteiger partial charge in [0.2, 0.25) is 0 Å². The second kappa shape index (κ2) is 8.60. The molecule has 0 fully saturated rings. The van der Waals surface area contributed by atoms with Gasteiger partial charge in [0.05, 0.1) is 5.39 Å². The van der Waals surface area contributed by atoms with Crippen molar-refractivity contribution in [1.29, 1.82) is 0 Å². The zero-order valence-electron chi connectivity index (χ0n) is 18.6. The minimum Gasteiger partial charge on any atom is -0.383 e. The van der Waals surface area contributed by atoms with E-state index in [1.807, 2.05) is 0 Å². The number of thiophene rings is 1. The molecule has 0 saturated heterocycles. The second-order valence-corrected chi connectivity index (χ2v) is 9.32. The fourth-order valence-electron chi connectivity index (χ4n) is 4.18. The summed E-state index contributed by atoms with van der Waals surface area (Å²) in [7, 11) is 0. The largest absolute Gasteiger partial charge is 0.383 e. The molecule has 0 spiro atoms. The van der Waals surface area contributed by atoms with Gasteiger partial charge in [0.15, 0.2) is 0 Å². The van der Waals surface area contributed by atoms with Crippen molar-refractivity contribution in [3.8, 4) is 11.1 Å². The highest BCUT2D eigenvalue weighted by atomic mass is 32.1. The summed E-state index contributed by atoms with van der Waals surface area (Å²) in [5, 5.41) is 10.7. The molecule has 2 aromatic heterocycles. The monoisotopic (exact) mass is 438 g/mol. The number of hydrogen-bond donors (Lipinski definition) is 2. The predicted octanol–water partition coefficient (Wildman–Crippen LogP) is 6.96. The van der Waals surface area contributed by atoms with Crippen LogP contribution in [0.5, 0.6) is 0 Å². The fraction of sp³-hybridized carbons (Fsp3) is 0.185. The number of nitrogens with zero attached hydrogens (tertiary/aromatic N) is 2. The molecule has 5 heteroatoms. The van der Waals surface area contributed by atoms with Gasteiger partial charge in [-0.15, -0.1) is 11.3 Å². The molecule has 2 heterocycles. The highest BCUT2D eigenvalue weighted by molar-refractivity contribution is 7.19. The molecule has 0 aliphatic heterocycles. The van der Waals surface area contributed by atoms with Crippen molar-refractivity contribution in [2.45, 2.75) is 20.8 Å². The van der Waals surface area contributed by atoms with Crippen molar-refractivity contribution in [2.24, 2.45) is 0 Å². The number of rotatable bonds is 6. The Labute approximate surface area is 192 Å². The number of hydrogen-bond acceptors (Lipinski definition) is 5. The van der Waals surface area contributed by atoms with Gasteiger partial charge in [-0.05, 0) is 48.9 Å². The molecule has 160 valence electrons. The van der Waals surface area contributed by atoms with Crippen molar-refractivity contribution >= 4 is 43.8 Å². The lowest BCUT2D eigenvalue weighted by atomic mass is 9.99. The Bertz CT molecular complexity index is 1420.